The Morgan fingerprint density at radius 1 is 0.411 bits per heavy atom. The van der Waals surface area contributed by atoms with Crippen molar-refractivity contribution >= 4 is 19.8 Å². The first-order valence-electron chi connectivity index (χ1n) is 28.3. The fraction of sp³-hybridized carbons (Fsp3) is 0.587. The van der Waals surface area contributed by atoms with Crippen LogP contribution in [0.1, 0.15) is 206 Å². The second kappa shape index (κ2) is 57.2. The van der Waals surface area contributed by atoms with Crippen LogP contribution in [0.25, 0.3) is 0 Å². The summed E-state index contributed by atoms with van der Waals surface area (Å²) in [5.74, 6) is -0.865. The van der Waals surface area contributed by atoms with Crippen molar-refractivity contribution in [3.63, 3.8) is 0 Å². The Labute approximate surface area is 446 Å². The number of carbonyl (C=O) groups excluding carboxylic acids is 2. The topological polar surface area (TPSA) is 134 Å². The van der Waals surface area contributed by atoms with Gasteiger partial charge in [0.1, 0.15) is 6.61 Å². The molecule has 10 heteroatoms. The van der Waals surface area contributed by atoms with E-state index in [1.807, 2.05) is 0 Å². The van der Waals surface area contributed by atoms with Crippen LogP contribution >= 0.6 is 7.82 Å². The molecular formula is C63H102NO8P. The van der Waals surface area contributed by atoms with Gasteiger partial charge in [-0.3, -0.25) is 18.6 Å². The normalized spacial score (nSPS) is 14.2. The van der Waals surface area contributed by atoms with Crippen LogP contribution in [0.15, 0.2) is 146 Å². The van der Waals surface area contributed by atoms with E-state index in [9.17, 15) is 19.0 Å². The molecule has 0 aromatic carbocycles. The summed E-state index contributed by atoms with van der Waals surface area (Å²) in [4.78, 5) is 35.2. The number of allylic oxidation sites excluding steroid dienone is 24. The molecule has 0 aliphatic carbocycles. The standard InChI is InChI=1S/C63H102NO8P/c1-3-5-7-9-11-13-15-17-19-21-23-24-25-26-27-28-29-30-31-32-33-34-35-36-38-40-42-44-46-48-50-52-54-56-63(66)72-61(60-71-73(67,68)70-58-57-64)59-69-62(65)55-53-51-49-47-45-43-41-39-37-22-20-18-16-14-12-10-8-6-4-2/h5-8,11-14,17-20,23-24,26-27,29-30,32-33,35-37,39,61H,3-4,9-10,15-16,21-22,25,28,31,34,38,40-60,64H2,1-2H3,(H,67,68)/b7-5-,8-6-,13-11-,14-12-,19-17-,20-18-,24-23-,27-26-,30-29-,33-32-,36-35-,39-37-. The minimum absolute atomic E-state index is 0.0415. The smallest absolute Gasteiger partial charge is 0.462 e. The first-order chi connectivity index (χ1) is 35.8. The van der Waals surface area contributed by atoms with Gasteiger partial charge in [0.15, 0.2) is 6.10 Å². The lowest BCUT2D eigenvalue weighted by Gasteiger charge is -2.19. The molecule has 0 bridgehead atoms. The van der Waals surface area contributed by atoms with Crippen LogP contribution in [-0.2, 0) is 32.7 Å². The average Bonchev–Trinajstić information content (AvgIpc) is 3.38. The van der Waals surface area contributed by atoms with Gasteiger partial charge in [-0.25, -0.2) is 4.57 Å². The number of carbonyl (C=O) groups is 2. The van der Waals surface area contributed by atoms with E-state index in [0.717, 1.165) is 141 Å². The molecule has 0 fully saturated rings. The second-order valence-electron chi connectivity index (χ2n) is 18.0. The van der Waals surface area contributed by atoms with E-state index in [4.69, 9.17) is 24.3 Å². The zero-order valence-electron chi connectivity index (χ0n) is 45.8. The predicted octanol–water partition coefficient (Wildman–Crippen LogP) is 18.0. The minimum Gasteiger partial charge on any atom is -0.462 e. The molecular weight excluding hydrogens is 930 g/mol. The monoisotopic (exact) mass is 1030 g/mol. The molecule has 0 saturated carbocycles. The van der Waals surface area contributed by atoms with E-state index in [0.29, 0.717) is 12.8 Å². The molecule has 0 aliphatic rings. The van der Waals surface area contributed by atoms with Gasteiger partial charge in [0.25, 0.3) is 0 Å². The third-order valence-electron chi connectivity index (χ3n) is 11.2. The Bertz CT molecular complexity index is 1700. The molecule has 0 aromatic heterocycles. The number of ether oxygens (including phenoxy) is 2. The summed E-state index contributed by atoms with van der Waals surface area (Å²) in [6, 6.07) is 0. The van der Waals surface area contributed by atoms with Gasteiger partial charge in [0, 0.05) is 19.4 Å². The molecule has 9 nitrogen and oxygen atoms in total. The van der Waals surface area contributed by atoms with E-state index in [2.05, 4.69) is 160 Å². The highest BCUT2D eigenvalue weighted by Gasteiger charge is 2.26. The highest BCUT2D eigenvalue weighted by Crippen LogP contribution is 2.43. The van der Waals surface area contributed by atoms with Crippen LogP contribution < -0.4 is 5.73 Å². The van der Waals surface area contributed by atoms with E-state index < -0.39 is 32.5 Å². The lowest BCUT2D eigenvalue weighted by atomic mass is 10.1. The Hall–Kier alpha value is -4.11. The number of nitrogens with two attached hydrogens (primary N) is 1. The van der Waals surface area contributed by atoms with Crippen molar-refractivity contribution in [1.29, 1.82) is 0 Å². The fourth-order valence-electron chi connectivity index (χ4n) is 7.11. The van der Waals surface area contributed by atoms with Gasteiger partial charge in [0.2, 0.25) is 0 Å². The highest BCUT2D eigenvalue weighted by atomic mass is 31.2. The summed E-state index contributed by atoms with van der Waals surface area (Å²) in [6.45, 7) is 3.47. The van der Waals surface area contributed by atoms with E-state index in [-0.39, 0.29) is 32.6 Å². The Morgan fingerprint density at radius 3 is 1.05 bits per heavy atom. The van der Waals surface area contributed by atoms with Crippen LogP contribution in [0.5, 0.6) is 0 Å². The van der Waals surface area contributed by atoms with E-state index >= 15 is 0 Å². The zero-order valence-corrected chi connectivity index (χ0v) is 46.7. The lowest BCUT2D eigenvalue weighted by molar-refractivity contribution is -0.161. The third-order valence-corrected chi connectivity index (χ3v) is 12.2. The van der Waals surface area contributed by atoms with Gasteiger partial charge in [-0.15, -0.1) is 0 Å². The zero-order chi connectivity index (χ0) is 53.1. The summed E-state index contributed by atoms with van der Waals surface area (Å²) >= 11 is 0. The SMILES string of the molecule is CC/C=C\C/C=C\C/C=C\C/C=C\C/C=C\C/C=C\C/C=C\C/C=C\CCCCCCCCCCC(=O)OC(COC(=O)CCCCCCCC/C=C\C/C=C\C/C=C\C/C=C\CC)COP(=O)(O)OCCN. The van der Waals surface area contributed by atoms with Crippen LogP contribution in [-0.4, -0.2) is 49.3 Å². The van der Waals surface area contributed by atoms with Gasteiger partial charge in [-0.2, -0.15) is 0 Å². The van der Waals surface area contributed by atoms with Crippen molar-refractivity contribution in [1.82, 2.24) is 0 Å². The first-order valence-corrected chi connectivity index (χ1v) is 29.8. The summed E-state index contributed by atoms with van der Waals surface area (Å²) in [5.41, 5.74) is 5.38. The molecule has 0 spiro atoms. The van der Waals surface area contributed by atoms with Crippen molar-refractivity contribution in [2.45, 2.75) is 213 Å². The molecule has 0 amide bonds. The van der Waals surface area contributed by atoms with Crippen LogP contribution in [0.3, 0.4) is 0 Å². The molecule has 0 saturated heterocycles. The number of phosphoric acid groups is 1. The molecule has 0 aliphatic heterocycles. The summed E-state index contributed by atoms with van der Waals surface area (Å²) in [5, 5.41) is 0. The fourth-order valence-corrected chi connectivity index (χ4v) is 7.88. The lowest BCUT2D eigenvalue weighted by Crippen LogP contribution is -2.29. The van der Waals surface area contributed by atoms with Crippen LogP contribution in [0.2, 0.25) is 0 Å². The maximum Gasteiger partial charge on any atom is 0.472 e. The van der Waals surface area contributed by atoms with Gasteiger partial charge >= 0.3 is 19.8 Å². The Kier molecular flexibility index (Phi) is 54.0. The molecule has 73 heavy (non-hydrogen) atoms. The number of unbranched alkanes of at least 4 members (excludes halogenated alkanes) is 14. The number of esters is 2. The summed E-state index contributed by atoms with van der Waals surface area (Å²) < 4.78 is 33.0. The molecule has 2 atom stereocenters. The van der Waals surface area contributed by atoms with Gasteiger partial charge in [-0.05, 0) is 116 Å². The van der Waals surface area contributed by atoms with Gasteiger partial charge in [0.05, 0.1) is 13.2 Å². The molecule has 0 aromatic rings. The van der Waals surface area contributed by atoms with Crippen LogP contribution in [0, 0.1) is 0 Å². The van der Waals surface area contributed by atoms with Crippen molar-refractivity contribution < 1.29 is 37.6 Å². The maximum atomic E-state index is 12.7. The number of rotatable bonds is 51. The van der Waals surface area contributed by atoms with Crippen molar-refractivity contribution in [3.8, 4) is 0 Å². The van der Waals surface area contributed by atoms with Crippen molar-refractivity contribution in [2.75, 3.05) is 26.4 Å². The van der Waals surface area contributed by atoms with Crippen molar-refractivity contribution in [2.24, 2.45) is 5.73 Å². The maximum absolute atomic E-state index is 12.7. The summed E-state index contributed by atoms with van der Waals surface area (Å²) in [7, 11) is -4.40. The van der Waals surface area contributed by atoms with Crippen molar-refractivity contribution in [3.05, 3.63) is 146 Å². The molecule has 412 valence electrons. The molecule has 0 heterocycles. The Balaban J connectivity index is 4.07. The number of hydrogen-bond donors (Lipinski definition) is 2. The largest absolute Gasteiger partial charge is 0.472 e. The first kappa shape index (κ1) is 68.9. The number of phosphoric ester groups is 1. The van der Waals surface area contributed by atoms with E-state index in [1.54, 1.807) is 0 Å². The molecule has 2 unspecified atom stereocenters. The molecule has 3 N–H and O–H groups in total. The van der Waals surface area contributed by atoms with Gasteiger partial charge in [-0.1, -0.05) is 224 Å². The minimum atomic E-state index is -4.40. The average molecular weight is 1030 g/mol. The third kappa shape index (κ3) is 57.0. The summed E-state index contributed by atoms with van der Waals surface area (Å²) in [6.07, 6.45) is 81.8. The molecule has 0 rings (SSSR count). The number of hydrogen-bond acceptors (Lipinski definition) is 8. The predicted molar refractivity (Wildman–Crippen MR) is 311 cm³/mol. The second-order valence-corrected chi connectivity index (χ2v) is 19.5. The quantitative estimate of drug-likeness (QED) is 0.0264. The van der Waals surface area contributed by atoms with Crippen LogP contribution in [0.4, 0.5) is 0 Å². The Morgan fingerprint density at radius 2 is 0.712 bits per heavy atom. The highest BCUT2D eigenvalue weighted by molar-refractivity contribution is 7.47. The van der Waals surface area contributed by atoms with Gasteiger partial charge < -0.3 is 20.1 Å². The molecule has 0 radical (unpaired) electrons. The van der Waals surface area contributed by atoms with E-state index in [1.165, 1.54) is 25.7 Å².